The van der Waals surface area contributed by atoms with Gasteiger partial charge in [0.15, 0.2) is 0 Å². The molecule has 32 heavy (non-hydrogen) atoms. The molecule has 1 aromatic heterocycles. The minimum Gasteiger partial charge on any atom is -0.494 e. The second-order valence-electron chi connectivity index (χ2n) is 7.14. The molecule has 2 N–H and O–H groups in total. The van der Waals surface area contributed by atoms with Gasteiger partial charge in [0, 0.05) is 12.2 Å². The predicted molar refractivity (Wildman–Crippen MR) is 125 cm³/mol. The summed E-state index contributed by atoms with van der Waals surface area (Å²) < 4.78 is 7.33. The van der Waals surface area contributed by atoms with Gasteiger partial charge < -0.3 is 14.1 Å². The number of rotatable bonds is 9. The summed E-state index contributed by atoms with van der Waals surface area (Å²) in [7, 11) is 0. The molecule has 0 spiro atoms. The van der Waals surface area contributed by atoms with E-state index in [1.807, 2.05) is 31.2 Å². The lowest BCUT2D eigenvalue weighted by Gasteiger charge is -2.16. The van der Waals surface area contributed by atoms with Crippen molar-refractivity contribution in [2.45, 2.75) is 32.7 Å². The minimum absolute atomic E-state index is 0.0782. The standard InChI is InChI=1S/C24H24Cl2N2O4/c1-2-31-22-6-4-3-5-17(22)11-12-21-19(25)15-20(26)23(29)28(21)14-13-16-7-9-18(10-8-16)24(30)32-27/h3-10,15H,2,11-14,27H2,1H3. The molecule has 0 radical (unpaired) electrons. The van der Waals surface area contributed by atoms with Crippen molar-refractivity contribution in [1.82, 2.24) is 4.57 Å². The number of carbonyl (C=O) groups is 1. The van der Waals surface area contributed by atoms with Gasteiger partial charge in [0.05, 0.1) is 17.2 Å². The monoisotopic (exact) mass is 474 g/mol. The maximum Gasteiger partial charge on any atom is 0.356 e. The number of pyridine rings is 1. The van der Waals surface area contributed by atoms with Gasteiger partial charge in [-0.2, -0.15) is 5.90 Å². The van der Waals surface area contributed by atoms with Gasteiger partial charge in [-0.05, 0) is 61.6 Å². The van der Waals surface area contributed by atoms with Gasteiger partial charge in [0.1, 0.15) is 10.8 Å². The second-order valence-corrected chi connectivity index (χ2v) is 7.95. The predicted octanol–water partition coefficient (Wildman–Crippen LogP) is 4.61. The zero-order valence-corrected chi connectivity index (χ0v) is 19.2. The van der Waals surface area contributed by atoms with E-state index in [9.17, 15) is 9.59 Å². The smallest absolute Gasteiger partial charge is 0.356 e. The van der Waals surface area contributed by atoms with Crippen molar-refractivity contribution in [2.75, 3.05) is 6.61 Å². The summed E-state index contributed by atoms with van der Waals surface area (Å²) in [5.41, 5.74) is 2.77. The maximum atomic E-state index is 12.8. The van der Waals surface area contributed by atoms with Gasteiger partial charge in [-0.1, -0.05) is 53.5 Å². The van der Waals surface area contributed by atoms with Crippen LogP contribution >= 0.6 is 23.2 Å². The molecule has 1 heterocycles. The highest BCUT2D eigenvalue weighted by Gasteiger charge is 2.14. The van der Waals surface area contributed by atoms with E-state index in [0.29, 0.717) is 43.0 Å². The van der Waals surface area contributed by atoms with Gasteiger partial charge in [0.25, 0.3) is 5.56 Å². The molecule has 3 rings (SSSR count). The molecule has 2 aromatic carbocycles. The summed E-state index contributed by atoms with van der Waals surface area (Å²) in [5.74, 6) is 5.13. The fraction of sp³-hybridized carbons (Fsp3) is 0.250. The van der Waals surface area contributed by atoms with Gasteiger partial charge >= 0.3 is 5.97 Å². The number of aromatic nitrogens is 1. The highest BCUT2D eigenvalue weighted by molar-refractivity contribution is 6.34. The van der Waals surface area contributed by atoms with Crippen LogP contribution in [0.2, 0.25) is 10.0 Å². The molecule has 0 atom stereocenters. The normalized spacial score (nSPS) is 10.8. The van der Waals surface area contributed by atoms with Gasteiger partial charge in [-0.25, -0.2) is 4.79 Å². The lowest BCUT2D eigenvalue weighted by Crippen LogP contribution is -2.26. The molecule has 0 aliphatic carbocycles. The van der Waals surface area contributed by atoms with Crippen molar-refractivity contribution >= 4 is 29.2 Å². The van der Waals surface area contributed by atoms with Crippen molar-refractivity contribution < 1.29 is 14.4 Å². The zero-order chi connectivity index (χ0) is 23.1. The van der Waals surface area contributed by atoms with Crippen LogP contribution in [0.15, 0.2) is 59.4 Å². The van der Waals surface area contributed by atoms with E-state index in [-0.39, 0.29) is 10.6 Å². The van der Waals surface area contributed by atoms with Crippen LogP contribution in [0.3, 0.4) is 0 Å². The first kappa shape index (κ1) is 23.9. The maximum absolute atomic E-state index is 12.8. The Bertz CT molecular complexity index is 1140. The number of hydrogen-bond acceptors (Lipinski definition) is 5. The molecule has 0 aliphatic rings. The number of hydrogen-bond donors (Lipinski definition) is 1. The van der Waals surface area contributed by atoms with Crippen molar-refractivity contribution in [3.05, 3.63) is 97.4 Å². The van der Waals surface area contributed by atoms with Crippen LogP contribution < -0.4 is 16.2 Å². The Balaban J connectivity index is 1.82. The largest absolute Gasteiger partial charge is 0.494 e. The summed E-state index contributed by atoms with van der Waals surface area (Å²) in [4.78, 5) is 28.5. The third kappa shape index (κ3) is 5.71. The topological polar surface area (TPSA) is 83.5 Å². The number of nitrogens with two attached hydrogens (primary N) is 1. The molecular weight excluding hydrogens is 451 g/mol. The third-order valence-electron chi connectivity index (χ3n) is 5.13. The van der Waals surface area contributed by atoms with Crippen LogP contribution in [0.5, 0.6) is 5.75 Å². The molecule has 0 saturated carbocycles. The van der Waals surface area contributed by atoms with Crippen molar-refractivity contribution in [1.29, 1.82) is 0 Å². The van der Waals surface area contributed by atoms with Crippen LogP contribution in [0.1, 0.15) is 34.1 Å². The van der Waals surface area contributed by atoms with Crippen LogP contribution in [-0.2, 0) is 30.6 Å². The fourth-order valence-corrected chi connectivity index (χ4v) is 4.08. The molecule has 6 nitrogen and oxygen atoms in total. The Hall–Kier alpha value is -2.80. The Labute approximate surface area is 196 Å². The van der Waals surface area contributed by atoms with Gasteiger partial charge in [0.2, 0.25) is 0 Å². The third-order valence-corrected chi connectivity index (χ3v) is 5.73. The number of aryl methyl sites for hydroxylation is 2. The highest BCUT2D eigenvalue weighted by atomic mass is 35.5. The number of benzene rings is 2. The summed E-state index contributed by atoms with van der Waals surface area (Å²) in [5, 5.41) is 0.527. The van der Waals surface area contributed by atoms with Gasteiger partial charge in [-0.3, -0.25) is 4.79 Å². The fourth-order valence-electron chi connectivity index (χ4n) is 3.50. The van der Waals surface area contributed by atoms with Crippen LogP contribution in [-0.4, -0.2) is 17.1 Å². The summed E-state index contributed by atoms with van der Waals surface area (Å²) >= 11 is 12.6. The quantitative estimate of drug-likeness (QED) is 0.457. The van der Waals surface area contributed by atoms with Crippen molar-refractivity contribution in [3.8, 4) is 5.75 Å². The molecule has 0 saturated heterocycles. The van der Waals surface area contributed by atoms with Gasteiger partial charge in [-0.15, -0.1) is 0 Å². The van der Waals surface area contributed by atoms with Crippen LogP contribution in [0.4, 0.5) is 0 Å². The first-order valence-electron chi connectivity index (χ1n) is 10.2. The van der Waals surface area contributed by atoms with E-state index in [2.05, 4.69) is 4.84 Å². The minimum atomic E-state index is -0.607. The molecule has 168 valence electrons. The average molecular weight is 475 g/mol. The van der Waals surface area contributed by atoms with Crippen molar-refractivity contribution in [2.24, 2.45) is 5.90 Å². The molecule has 0 amide bonds. The molecule has 3 aromatic rings. The molecular formula is C24H24Cl2N2O4. The first-order chi connectivity index (χ1) is 15.4. The Morgan fingerprint density at radius 1 is 1.00 bits per heavy atom. The number of halogens is 2. The number of para-hydroxylation sites is 1. The van der Waals surface area contributed by atoms with Crippen molar-refractivity contribution in [3.63, 3.8) is 0 Å². The number of ether oxygens (including phenoxy) is 1. The van der Waals surface area contributed by atoms with E-state index in [0.717, 1.165) is 22.6 Å². The van der Waals surface area contributed by atoms with E-state index >= 15 is 0 Å². The Morgan fingerprint density at radius 2 is 1.72 bits per heavy atom. The van der Waals surface area contributed by atoms with E-state index in [4.69, 9.17) is 33.8 Å². The SMILES string of the molecule is CCOc1ccccc1CCc1c(Cl)cc(Cl)c(=O)n1CCc1ccc(C(=O)ON)cc1. The highest BCUT2D eigenvalue weighted by Crippen LogP contribution is 2.24. The van der Waals surface area contributed by atoms with E-state index in [1.165, 1.54) is 6.07 Å². The summed E-state index contributed by atoms with van der Waals surface area (Å²) in [6, 6.07) is 16.2. The molecule has 0 fully saturated rings. The molecule has 0 bridgehead atoms. The summed E-state index contributed by atoms with van der Waals surface area (Å²) in [6.07, 6.45) is 1.76. The van der Waals surface area contributed by atoms with E-state index in [1.54, 1.807) is 28.8 Å². The number of nitrogens with zero attached hydrogens (tertiary/aromatic N) is 1. The number of carbonyl (C=O) groups excluding carboxylic acids is 1. The lowest BCUT2D eigenvalue weighted by atomic mass is 10.1. The Kier molecular flexibility index (Phi) is 8.33. The first-order valence-corrected chi connectivity index (χ1v) is 11.0. The van der Waals surface area contributed by atoms with Crippen LogP contribution in [0.25, 0.3) is 0 Å². The summed E-state index contributed by atoms with van der Waals surface area (Å²) in [6.45, 7) is 2.91. The second kappa shape index (κ2) is 11.2. The lowest BCUT2D eigenvalue weighted by molar-refractivity contribution is 0.0503. The van der Waals surface area contributed by atoms with Crippen LogP contribution in [0, 0.1) is 0 Å². The molecule has 0 unspecified atom stereocenters. The molecule has 0 aliphatic heterocycles. The Morgan fingerprint density at radius 3 is 2.41 bits per heavy atom. The zero-order valence-electron chi connectivity index (χ0n) is 17.6. The molecule has 8 heteroatoms. The van der Waals surface area contributed by atoms with E-state index < -0.39 is 5.97 Å². The average Bonchev–Trinajstić information content (AvgIpc) is 2.80.